The molecular formula is C27H33N3O3. The van der Waals surface area contributed by atoms with Crippen molar-refractivity contribution < 1.29 is 14.3 Å². The number of rotatable bonds is 7. The Bertz CT molecular complexity index is 1110. The molecule has 0 aliphatic carbocycles. The molecule has 3 heterocycles. The van der Waals surface area contributed by atoms with Crippen LogP contribution in [0.4, 0.5) is 0 Å². The lowest BCUT2D eigenvalue weighted by atomic mass is 9.95. The second kappa shape index (κ2) is 10.1. The number of pyridine rings is 1. The van der Waals surface area contributed by atoms with Crippen LogP contribution in [0.5, 0.6) is 11.5 Å². The van der Waals surface area contributed by atoms with Crippen LogP contribution < -0.4 is 9.47 Å². The van der Waals surface area contributed by atoms with Gasteiger partial charge in [-0.15, -0.1) is 0 Å². The Morgan fingerprint density at radius 3 is 2.61 bits per heavy atom. The van der Waals surface area contributed by atoms with Gasteiger partial charge in [-0.3, -0.25) is 4.79 Å². The molecular weight excluding hydrogens is 414 g/mol. The Kier molecular flexibility index (Phi) is 7.02. The van der Waals surface area contributed by atoms with Crippen molar-refractivity contribution >= 4 is 5.91 Å². The van der Waals surface area contributed by atoms with Crippen molar-refractivity contribution in [3.05, 3.63) is 71.2 Å². The normalized spacial score (nSPS) is 16.0. The number of likely N-dealkylation sites (tertiary alicyclic amines) is 1. The highest BCUT2D eigenvalue weighted by Gasteiger charge is 2.29. The molecule has 1 atom stereocenters. The molecule has 0 saturated carbocycles. The standard InChI is InChI=1S/C27H33N3O3/c1-19-17-23(20(2)30(19)26-10-5-7-15-28-26)27(31)29-16-8-6-9-22(29)13-11-21-12-14-24(32-3)25(18-21)33-4/h5,7,10,12,14-15,17-18,22H,6,8-9,11,13,16H2,1-4H3. The molecule has 0 spiro atoms. The van der Waals surface area contributed by atoms with Gasteiger partial charge in [0.1, 0.15) is 5.82 Å². The van der Waals surface area contributed by atoms with Gasteiger partial charge < -0.3 is 18.9 Å². The summed E-state index contributed by atoms with van der Waals surface area (Å²) in [5.74, 6) is 2.45. The van der Waals surface area contributed by atoms with Gasteiger partial charge in [0, 0.05) is 30.2 Å². The Hall–Kier alpha value is -3.28. The second-order valence-electron chi connectivity index (χ2n) is 8.68. The molecule has 1 aliphatic rings. The number of piperidine rings is 1. The predicted octanol–water partition coefficient (Wildman–Crippen LogP) is 5.13. The summed E-state index contributed by atoms with van der Waals surface area (Å²) in [6.07, 6.45) is 6.86. The molecule has 1 unspecified atom stereocenters. The zero-order valence-corrected chi connectivity index (χ0v) is 20.0. The van der Waals surface area contributed by atoms with Crippen molar-refractivity contribution in [1.82, 2.24) is 14.5 Å². The number of benzene rings is 1. The SMILES string of the molecule is COc1ccc(CCC2CCCCN2C(=O)c2cc(C)n(-c3ccccn3)c2C)cc1OC. The lowest BCUT2D eigenvalue weighted by Gasteiger charge is -2.36. The molecule has 1 amide bonds. The van der Waals surface area contributed by atoms with Gasteiger partial charge in [-0.2, -0.15) is 0 Å². The average Bonchev–Trinajstić information content (AvgIpc) is 3.16. The number of carbonyl (C=O) groups is 1. The molecule has 1 fully saturated rings. The van der Waals surface area contributed by atoms with E-state index in [0.717, 1.165) is 72.9 Å². The van der Waals surface area contributed by atoms with Crippen LogP contribution in [0, 0.1) is 13.8 Å². The van der Waals surface area contributed by atoms with Crippen LogP contribution in [0.2, 0.25) is 0 Å². The van der Waals surface area contributed by atoms with Crippen LogP contribution in [0.15, 0.2) is 48.7 Å². The topological polar surface area (TPSA) is 56.6 Å². The van der Waals surface area contributed by atoms with E-state index in [1.165, 1.54) is 5.56 Å². The first-order valence-corrected chi connectivity index (χ1v) is 11.7. The van der Waals surface area contributed by atoms with Gasteiger partial charge in [0.05, 0.1) is 19.8 Å². The summed E-state index contributed by atoms with van der Waals surface area (Å²) in [6.45, 7) is 4.85. The fourth-order valence-electron chi connectivity index (χ4n) is 4.91. The molecule has 1 saturated heterocycles. The summed E-state index contributed by atoms with van der Waals surface area (Å²) in [4.78, 5) is 20.2. The molecule has 1 aromatic carbocycles. The lowest BCUT2D eigenvalue weighted by Crippen LogP contribution is -2.44. The van der Waals surface area contributed by atoms with Gasteiger partial charge in [0.15, 0.2) is 11.5 Å². The van der Waals surface area contributed by atoms with Crippen molar-refractivity contribution in [1.29, 1.82) is 0 Å². The van der Waals surface area contributed by atoms with Gasteiger partial charge in [0.2, 0.25) is 0 Å². The molecule has 6 heteroatoms. The molecule has 0 radical (unpaired) electrons. The first-order chi connectivity index (χ1) is 16.0. The third-order valence-corrected chi connectivity index (χ3v) is 6.64. The van der Waals surface area contributed by atoms with Gasteiger partial charge in [0.25, 0.3) is 5.91 Å². The lowest BCUT2D eigenvalue weighted by molar-refractivity contribution is 0.0601. The van der Waals surface area contributed by atoms with Gasteiger partial charge in [-0.25, -0.2) is 4.98 Å². The first kappa shape index (κ1) is 22.9. The van der Waals surface area contributed by atoms with E-state index in [1.807, 2.05) is 50.2 Å². The largest absolute Gasteiger partial charge is 0.493 e. The monoisotopic (exact) mass is 447 g/mol. The minimum absolute atomic E-state index is 0.127. The summed E-state index contributed by atoms with van der Waals surface area (Å²) in [6, 6.07) is 14.2. The molecule has 2 aromatic heterocycles. The van der Waals surface area contributed by atoms with E-state index < -0.39 is 0 Å². The molecule has 3 aromatic rings. The van der Waals surface area contributed by atoms with Crippen molar-refractivity contribution in [2.45, 2.75) is 52.0 Å². The maximum Gasteiger partial charge on any atom is 0.255 e. The number of carbonyl (C=O) groups excluding carboxylic acids is 1. The number of hydrogen-bond acceptors (Lipinski definition) is 4. The summed E-state index contributed by atoms with van der Waals surface area (Å²) in [5, 5.41) is 0. The Labute approximate surface area is 196 Å². The third-order valence-electron chi connectivity index (χ3n) is 6.64. The molecule has 4 rings (SSSR count). The van der Waals surface area contributed by atoms with Crippen LogP contribution in [-0.2, 0) is 6.42 Å². The first-order valence-electron chi connectivity index (χ1n) is 11.7. The van der Waals surface area contributed by atoms with E-state index in [9.17, 15) is 4.79 Å². The van der Waals surface area contributed by atoms with E-state index >= 15 is 0 Å². The Morgan fingerprint density at radius 1 is 1.06 bits per heavy atom. The van der Waals surface area contributed by atoms with Crippen LogP contribution in [0.25, 0.3) is 5.82 Å². The highest BCUT2D eigenvalue weighted by Crippen LogP contribution is 2.30. The number of nitrogens with zero attached hydrogens (tertiary/aromatic N) is 3. The van der Waals surface area contributed by atoms with Crippen LogP contribution in [0.3, 0.4) is 0 Å². The zero-order chi connectivity index (χ0) is 23.4. The molecule has 33 heavy (non-hydrogen) atoms. The van der Waals surface area contributed by atoms with E-state index in [2.05, 4.69) is 20.5 Å². The molecule has 0 bridgehead atoms. The van der Waals surface area contributed by atoms with E-state index in [-0.39, 0.29) is 11.9 Å². The molecule has 6 nitrogen and oxygen atoms in total. The average molecular weight is 448 g/mol. The van der Waals surface area contributed by atoms with Crippen LogP contribution in [-0.4, -0.2) is 47.2 Å². The minimum Gasteiger partial charge on any atom is -0.493 e. The number of methoxy groups -OCH3 is 2. The fraction of sp³-hybridized carbons (Fsp3) is 0.407. The molecule has 1 aliphatic heterocycles. The summed E-state index contributed by atoms with van der Waals surface area (Å²) < 4.78 is 12.9. The van der Waals surface area contributed by atoms with E-state index in [0.29, 0.717) is 0 Å². The van der Waals surface area contributed by atoms with Crippen LogP contribution >= 0.6 is 0 Å². The maximum absolute atomic E-state index is 13.7. The van der Waals surface area contributed by atoms with Gasteiger partial charge >= 0.3 is 0 Å². The second-order valence-corrected chi connectivity index (χ2v) is 8.68. The smallest absolute Gasteiger partial charge is 0.255 e. The van der Waals surface area contributed by atoms with Gasteiger partial charge in [-0.1, -0.05) is 12.1 Å². The Morgan fingerprint density at radius 2 is 1.88 bits per heavy atom. The quantitative estimate of drug-likeness (QED) is 0.504. The van der Waals surface area contributed by atoms with Crippen LogP contribution in [0.1, 0.15) is 53.0 Å². The van der Waals surface area contributed by atoms with Gasteiger partial charge in [-0.05, 0) is 81.8 Å². The van der Waals surface area contributed by atoms with E-state index in [4.69, 9.17) is 9.47 Å². The highest BCUT2D eigenvalue weighted by atomic mass is 16.5. The highest BCUT2D eigenvalue weighted by molar-refractivity contribution is 5.96. The summed E-state index contributed by atoms with van der Waals surface area (Å²) in [7, 11) is 3.30. The molecule has 0 N–H and O–H groups in total. The minimum atomic E-state index is 0.127. The van der Waals surface area contributed by atoms with Crippen molar-refractivity contribution in [2.75, 3.05) is 20.8 Å². The number of aromatic nitrogens is 2. The van der Waals surface area contributed by atoms with Crippen molar-refractivity contribution in [3.63, 3.8) is 0 Å². The predicted molar refractivity (Wildman–Crippen MR) is 130 cm³/mol. The maximum atomic E-state index is 13.7. The number of ether oxygens (including phenoxy) is 2. The number of hydrogen-bond donors (Lipinski definition) is 0. The summed E-state index contributed by atoms with van der Waals surface area (Å²) >= 11 is 0. The van der Waals surface area contributed by atoms with Crippen molar-refractivity contribution in [2.24, 2.45) is 0 Å². The van der Waals surface area contributed by atoms with E-state index in [1.54, 1.807) is 20.4 Å². The number of amides is 1. The Balaban J connectivity index is 1.53. The fourth-order valence-corrected chi connectivity index (χ4v) is 4.91. The number of aryl methyl sites for hydroxylation is 2. The van der Waals surface area contributed by atoms with Crippen molar-refractivity contribution in [3.8, 4) is 17.3 Å². The molecule has 174 valence electrons. The zero-order valence-electron chi connectivity index (χ0n) is 20.0. The summed E-state index contributed by atoms with van der Waals surface area (Å²) in [5.41, 5.74) is 3.93. The third kappa shape index (κ3) is 4.75.